The highest BCUT2D eigenvalue weighted by Crippen LogP contribution is 2.36. The number of carbonyl (C=O) groups is 1. The molecule has 104 valence electrons. The molecule has 1 aromatic rings. The number of hydrogen-bond donors (Lipinski definition) is 2. The van der Waals surface area contributed by atoms with Gasteiger partial charge in [-0.3, -0.25) is 4.79 Å². The smallest absolute Gasteiger partial charge is 0.254 e. The van der Waals surface area contributed by atoms with Crippen molar-refractivity contribution >= 4 is 17.5 Å². The van der Waals surface area contributed by atoms with Gasteiger partial charge in [-0.2, -0.15) is 0 Å². The molecule has 0 bridgehead atoms. The molecule has 1 saturated carbocycles. The summed E-state index contributed by atoms with van der Waals surface area (Å²) in [6, 6.07) is 3.97. The van der Waals surface area contributed by atoms with Crippen LogP contribution in [0.25, 0.3) is 0 Å². The van der Waals surface area contributed by atoms with Crippen LogP contribution in [0.2, 0.25) is 5.02 Å². The van der Waals surface area contributed by atoms with E-state index in [9.17, 15) is 14.3 Å². The zero-order chi connectivity index (χ0) is 13.9. The predicted molar refractivity (Wildman–Crippen MR) is 71.7 cm³/mol. The number of carbonyl (C=O) groups excluding carboxylic acids is 1. The number of amides is 1. The van der Waals surface area contributed by atoms with Crippen LogP contribution >= 0.6 is 11.6 Å². The lowest BCUT2D eigenvalue weighted by atomic mass is 9.87. The molecule has 0 atom stereocenters. The molecule has 1 fully saturated rings. The van der Waals surface area contributed by atoms with E-state index in [1.54, 1.807) is 0 Å². The number of hydrogen-bond acceptors (Lipinski definition) is 2. The first kappa shape index (κ1) is 14.3. The summed E-state index contributed by atoms with van der Waals surface area (Å²) < 4.78 is 13.6. The van der Waals surface area contributed by atoms with Crippen molar-refractivity contribution in [3.63, 3.8) is 0 Å². The molecule has 0 unspecified atom stereocenters. The molecule has 1 aliphatic carbocycles. The van der Waals surface area contributed by atoms with Crippen molar-refractivity contribution in [3.05, 3.63) is 34.6 Å². The van der Waals surface area contributed by atoms with Crippen LogP contribution in [-0.2, 0) is 0 Å². The summed E-state index contributed by atoms with van der Waals surface area (Å²) in [5.41, 5.74) is -0.256. The molecule has 3 nitrogen and oxygen atoms in total. The van der Waals surface area contributed by atoms with Gasteiger partial charge in [0.1, 0.15) is 5.82 Å². The molecule has 1 aromatic carbocycles. The Bertz CT molecular complexity index is 473. The fraction of sp³-hybridized carbons (Fsp3) is 0.500. The molecular formula is C14H17ClFNO2. The van der Waals surface area contributed by atoms with E-state index in [-0.39, 0.29) is 22.6 Å². The highest BCUT2D eigenvalue weighted by molar-refractivity contribution is 6.30. The molecule has 0 radical (unpaired) electrons. The molecule has 5 heteroatoms. The number of aliphatic hydroxyl groups excluding tert-OH is 1. The summed E-state index contributed by atoms with van der Waals surface area (Å²) in [5.74, 6) is -1.09. The first-order chi connectivity index (χ1) is 9.06. The lowest BCUT2D eigenvalue weighted by Crippen LogP contribution is -2.38. The zero-order valence-corrected chi connectivity index (χ0v) is 11.3. The van der Waals surface area contributed by atoms with E-state index in [2.05, 4.69) is 5.32 Å². The van der Waals surface area contributed by atoms with Crippen molar-refractivity contribution < 1.29 is 14.3 Å². The Kier molecular flexibility index (Phi) is 4.42. The minimum absolute atomic E-state index is 0.0181. The third-order valence-corrected chi connectivity index (χ3v) is 4.03. The standard InChI is InChI=1S/C14H17ClFNO2/c15-10-3-4-11(12(16)7-10)13(19)17-8-14(9-18)5-1-2-6-14/h3-4,7,18H,1-2,5-6,8-9H2,(H,17,19). The van der Waals surface area contributed by atoms with E-state index >= 15 is 0 Å². The van der Waals surface area contributed by atoms with Gasteiger partial charge in [0.2, 0.25) is 0 Å². The quantitative estimate of drug-likeness (QED) is 0.894. The van der Waals surface area contributed by atoms with Crippen molar-refractivity contribution in [1.29, 1.82) is 0 Å². The molecule has 0 aromatic heterocycles. The van der Waals surface area contributed by atoms with Gasteiger partial charge in [0.05, 0.1) is 12.2 Å². The fourth-order valence-electron chi connectivity index (χ4n) is 2.55. The number of aliphatic hydroxyl groups is 1. The van der Waals surface area contributed by atoms with Crippen LogP contribution in [0.15, 0.2) is 18.2 Å². The summed E-state index contributed by atoms with van der Waals surface area (Å²) in [4.78, 5) is 11.9. The Hall–Kier alpha value is -1.13. The van der Waals surface area contributed by atoms with E-state index in [0.29, 0.717) is 6.54 Å². The van der Waals surface area contributed by atoms with E-state index < -0.39 is 11.7 Å². The van der Waals surface area contributed by atoms with Gasteiger partial charge in [-0.05, 0) is 31.0 Å². The average Bonchev–Trinajstić information content (AvgIpc) is 2.85. The maximum Gasteiger partial charge on any atom is 0.254 e. The van der Waals surface area contributed by atoms with Gasteiger partial charge in [0.25, 0.3) is 5.91 Å². The van der Waals surface area contributed by atoms with Gasteiger partial charge >= 0.3 is 0 Å². The molecule has 0 aliphatic heterocycles. The van der Waals surface area contributed by atoms with Crippen molar-refractivity contribution in [2.75, 3.05) is 13.2 Å². The number of halogens is 2. The van der Waals surface area contributed by atoms with Gasteiger partial charge in [0, 0.05) is 17.0 Å². The number of rotatable bonds is 4. The Morgan fingerprint density at radius 3 is 2.68 bits per heavy atom. The first-order valence-corrected chi connectivity index (χ1v) is 6.78. The van der Waals surface area contributed by atoms with Crippen LogP contribution in [0.4, 0.5) is 4.39 Å². The Labute approximate surface area is 116 Å². The van der Waals surface area contributed by atoms with Gasteiger partial charge in [0.15, 0.2) is 0 Å². The van der Waals surface area contributed by atoms with Gasteiger partial charge < -0.3 is 10.4 Å². The SMILES string of the molecule is O=C(NCC1(CO)CCCC1)c1ccc(Cl)cc1F. The summed E-state index contributed by atoms with van der Waals surface area (Å²) >= 11 is 5.64. The van der Waals surface area contributed by atoms with Crippen LogP contribution in [0.3, 0.4) is 0 Å². The normalized spacial score (nSPS) is 17.4. The summed E-state index contributed by atoms with van der Waals surface area (Å²) in [5, 5.41) is 12.4. The van der Waals surface area contributed by atoms with E-state index in [4.69, 9.17) is 11.6 Å². The Balaban J connectivity index is 2.01. The zero-order valence-electron chi connectivity index (χ0n) is 10.6. The van der Waals surface area contributed by atoms with Gasteiger partial charge in [-0.1, -0.05) is 24.4 Å². The molecule has 2 N–H and O–H groups in total. The predicted octanol–water partition coefficient (Wildman–Crippen LogP) is 2.76. The van der Waals surface area contributed by atoms with Gasteiger partial charge in [-0.15, -0.1) is 0 Å². The van der Waals surface area contributed by atoms with Crippen LogP contribution in [0.1, 0.15) is 36.0 Å². The maximum atomic E-state index is 13.6. The summed E-state index contributed by atoms with van der Waals surface area (Å²) in [7, 11) is 0. The molecule has 1 amide bonds. The lowest BCUT2D eigenvalue weighted by Gasteiger charge is -2.26. The second-order valence-electron chi connectivity index (χ2n) is 5.17. The van der Waals surface area contributed by atoms with Crippen LogP contribution in [0, 0.1) is 11.2 Å². The minimum atomic E-state index is -0.630. The van der Waals surface area contributed by atoms with Crippen molar-refractivity contribution in [3.8, 4) is 0 Å². The average molecular weight is 286 g/mol. The third kappa shape index (κ3) is 3.25. The molecular weight excluding hydrogens is 269 g/mol. The number of nitrogens with one attached hydrogen (secondary N) is 1. The van der Waals surface area contributed by atoms with Gasteiger partial charge in [-0.25, -0.2) is 4.39 Å². The van der Waals surface area contributed by atoms with Crippen molar-refractivity contribution in [1.82, 2.24) is 5.32 Å². The molecule has 0 saturated heterocycles. The highest BCUT2D eigenvalue weighted by atomic mass is 35.5. The van der Waals surface area contributed by atoms with Crippen LogP contribution < -0.4 is 5.32 Å². The summed E-state index contributed by atoms with van der Waals surface area (Å²) in [6.45, 7) is 0.431. The molecule has 0 heterocycles. The number of benzene rings is 1. The van der Waals surface area contributed by atoms with Crippen molar-refractivity contribution in [2.24, 2.45) is 5.41 Å². The van der Waals surface area contributed by atoms with Crippen LogP contribution in [0.5, 0.6) is 0 Å². The fourth-order valence-corrected chi connectivity index (χ4v) is 2.71. The second kappa shape index (κ2) is 5.88. The molecule has 1 aliphatic rings. The first-order valence-electron chi connectivity index (χ1n) is 6.40. The Morgan fingerprint density at radius 1 is 1.42 bits per heavy atom. The largest absolute Gasteiger partial charge is 0.396 e. The van der Waals surface area contributed by atoms with E-state index in [1.165, 1.54) is 12.1 Å². The topological polar surface area (TPSA) is 49.3 Å². The van der Waals surface area contributed by atoms with E-state index in [0.717, 1.165) is 31.7 Å². The minimum Gasteiger partial charge on any atom is -0.396 e. The Morgan fingerprint density at radius 2 is 2.11 bits per heavy atom. The highest BCUT2D eigenvalue weighted by Gasteiger charge is 2.33. The second-order valence-corrected chi connectivity index (χ2v) is 5.61. The van der Waals surface area contributed by atoms with E-state index in [1.807, 2.05) is 0 Å². The lowest BCUT2D eigenvalue weighted by molar-refractivity contribution is 0.0877. The molecule has 2 rings (SSSR count). The van der Waals surface area contributed by atoms with Crippen molar-refractivity contribution in [2.45, 2.75) is 25.7 Å². The van der Waals surface area contributed by atoms with Crippen LogP contribution in [-0.4, -0.2) is 24.2 Å². The maximum absolute atomic E-state index is 13.6. The third-order valence-electron chi connectivity index (χ3n) is 3.80. The summed E-state index contributed by atoms with van der Waals surface area (Å²) in [6.07, 6.45) is 3.91. The monoisotopic (exact) mass is 285 g/mol. The molecule has 19 heavy (non-hydrogen) atoms. The molecule has 0 spiro atoms.